The van der Waals surface area contributed by atoms with Gasteiger partial charge in [-0.2, -0.15) is 0 Å². The fourth-order valence-corrected chi connectivity index (χ4v) is 0. The third-order valence-corrected chi connectivity index (χ3v) is 0. The molecule has 0 saturated carbocycles. The van der Waals surface area contributed by atoms with Gasteiger partial charge in [0.25, 0.3) is 0 Å². The zero-order valence-electron chi connectivity index (χ0n) is 6.54. The van der Waals surface area contributed by atoms with Crippen molar-refractivity contribution in [1.82, 2.24) is 0 Å². The van der Waals surface area contributed by atoms with Crippen molar-refractivity contribution < 1.29 is 137 Å². The van der Waals surface area contributed by atoms with Gasteiger partial charge in [0.1, 0.15) is 0 Å². The van der Waals surface area contributed by atoms with Crippen LogP contribution in [0, 0.1) is 0 Å². The van der Waals surface area contributed by atoms with Crippen LogP contribution < -0.4 is 0 Å². The summed E-state index contributed by atoms with van der Waals surface area (Å²) in [6.45, 7) is 0. The summed E-state index contributed by atoms with van der Waals surface area (Å²) in [6, 6.07) is 0. The van der Waals surface area contributed by atoms with E-state index in [9.17, 15) is 0 Å². The maximum Gasteiger partial charge on any atom is 4.00 e. The van der Waals surface area contributed by atoms with E-state index in [0.29, 0.717) is 0 Å². The van der Waals surface area contributed by atoms with Gasteiger partial charge in [0.05, 0.1) is 0 Å². The Morgan fingerprint density at radius 1 is 0.294 bits per heavy atom. The molecule has 0 bridgehead atoms. The van der Waals surface area contributed by atoms with Crippen molar-refractivity contribution in [1.29, 1.82) is 0 Å². The van der Waals surface area contributed by atoms with Crippen molar-refractivity contribution in [2.24, 2.45) is 0 Å². The van der Waals surface area contributed by atoms with Crippen molar-refractivity contribution >= 4 is 121 Å². The molecule has 0 fully saturated rings. The van der Waals surface area contributed by atoms with Gasteiger partial charge in [-0.05, 0) is 0 Å². The molecule has 0 aliphatic rings. The Morgan fingerprint density at radius 3 is 0.294 bits per heavy atom. The molecule has 0 saturated heterocycles. The Labute approximate surface area is 253 Å². The molecule has 121 valence electrons. The van der Waals surface area contributed by atoms with Crippen LogP contribution in [-0.4, -0.2) is 0 Å². The van der Waals surface area contributed by atoms with Crippen LogP contribution in [0.2, 0.25) is 0 Å². The molecule has 0 amide bonds. The molecule has 0 aromatic rings. The third kappa shape index (κ3) is 198. The second kappa shape index (κ2) is 217. The first-order valence-electron chi connectivity index (χ1n) is 0. The van der Waals surface area contributed by atoms with E-state index in [1.807, 2.05) is 0 Å². The molecule has 0 unspecified atom stereocenters. The predicted molar refractivity (Wildman–Crippen MR) is 67.7 cm³/mol. The fourth-order valence-electron chi connectivity index (χ4n) is 0. The van der Waals surface area contributed by atoms with Crippen LogP contribution in [-0.2, 0) is 258 Å². The van der Waals surface area contributed by atoms with E-state index in [1.165, 1.54) is 0 Å². The van der Waals surface area contributed by atoms with E-state index >= 15 is 0 Å². The number of hydrogen-bond acceptors (Lipinski definition) is 9. The fraction of sp³-hybridized carbons (Fsp3) is 0. The van der Waals surface area contributed by atoms with E-state index in [0.717, 1.165) is 0 Å². The van der Waals surface area contributed by atoms with Crippen molar-refractivity contribution in [3.63, 3.8) is 0 Å². The smallest absolute Gasteiger partial charge is 1.00 e. The minimum atomic E-state index is 0. The Balaban J connectivity index is 0. The summed E-state index contributed by atoms with van der Waals surface area (Å²) in [5.41, 5.74) is 0. The summed E-state index contributed by atoms with van der Waals surface area (Å²) in [7, 11) is 0. The molecule has 0 atom stereocenters. The molecule has 0 spiro atoms. The van der Waals surface area contributed by atoms with Gasteiger partial charge in [-0.3, -0.25) is 0 Å². The Hall–Kier alpha value is 7.31. The van der Waals surface area contributed by atoms with Crippen LogP contribution in [0.3, 0.4) is 0 Å². The summed E-state index contributed by atoms with van der Waals surface area (Å²) in [5.74, 6) is 0. The van der Waals surface area contributed by atoms with E-state index in [2.05, 4.69) is 0 Å². The molecule has 0 aliphatic heterocycles. The maximum absolute atomic E-state index is 0. The monoisotopic (exact) mass is 736 g/mol. The van der Waals surface area contributed by atoms with Gasteiger partial charge in [-0.1, -0.05) is 0 Å². The normalized spacial score (nSPS) is 0. The van der Waals surface area contributed by atoms with Crippen molar-refractivity contribution in [3.8, 4) is 0 Å². The largest absolute Gasteiger partial charge is 4.00 e. The molecule has 17 heavy (non-hydrogen) atoms. The standard InChI is InChI=1S/8Fe.H2S.8S/h;;;;;;;;1H2;;;;;;;;/q;;;;;;+3;+4;;8*-1/p-1. The van der Waals surface area contributed by atoms with E-state index in [4.69, 9.17) is 0 Å². The molecule has 0 aliphatic carbocycles. The zero-order valence-corrected chi connectivity index (χ0v) is 22.8. The first-order valence-corrected chi connectivity index (χ1v) is 0. The molecular formula is HFe8S9-2. The summed E-state index contributed by atoms with van der Waals surface area (Å²) >= 11 is 0. The molecule has 0 aromatic carbocycles. The maximum atomic E-state index is 0. The molecule has 0 heterocycles. The molecule has 0 N–H and O–H groups in total. The topological polar surface area (TPSA) is 0 Å². The average molecular weight is 736 g/mol. The van der Waals surface area contributed by atoms with Crippen LogP contribution in [0.1, 0.15) is 0 Å². The second-order valence-electron chi connectivity index (χ2n) is 0. The number of thiol groups is 1. The summed E-state index contributed by atoms with van der Waals surface area (Å²) in [6.07, 6.45) is 0. The van der Waals surface area contributed by atoms with Crippen LogP contribution in [0.25, 0.3) is 0 Å². The Morgan fingerprint density at radius 2 is 0.294 bits per heavy atom. The second-order valence-corrected chi connectivity index (χ2v) is 0. The summed E-state index contributed by atoms with van der Waals surface area (Å²) in [4.78, 5) is 0. The molecule has 0 aromatic heterocycles. The van der Waals surface area contributed by atoms with E-state index in [1.54, 1.807) is 0 Å². The molecule has 9 radical (unpaired) electrons. The molecule has 0 rings (SSSR count). The zero-order chi connectivity index (χ0) is 0. The molecule has 17 heteroatoms. The summed E-state index contributed by atoms with van der Waals surface area (Å²) in [5, 5.41) is 0. The Kier molecular flexibility index (Phi) is 3160. The minimum Gasteiger partial charge on any atom is -1.00 e. The van der Waals surface area contributed by atoms with Gasteiger partial charge in [0.2, 0.25) is 0 Å². The van der Waals surface area contributed by atoms with Crippen molar-refractivity contribution in [3.05, 3.63) is 0 Å². The first-order chi connectivity index (χ1) is 0. The van der Waals surface area contributed by atoms with Gasteiger partial charge in [-0.15, -0.1) is 0 Å². The number of hydrogen-bond donors (Lipinski definition) is 0. The van der Waals surface area contributed by atoms with Gasteiger partial charge < -0.3 is 121 Å². The van der Waals surface area contributed by atoms with Gasteiger partial charge in [0.15, 0.2) is 0 Å². The molecule has 0 nitrogen and oxygen atoms in total. The van der Waals surface area contributed by atoms with Crippen LogP contribution in [0.4, 0.5) is 0 Å². The predicted octanol–water partition coefficient (Wildman–Crippen LogP) is -0.309. The quantitative estimate of drug-likeness (QED) is 0.187. The van der Waals surface area contributed by atoms with Gasteiger partial charge in [0, 0.05) is 102 Å². The Bertz CT molecular complexity index is 17.0. The SMILES string of the molecule is [Fe+3].[Fe+4].[Fe].[Fe].[Fe].[Fe].[Fe].[Fe].[S-].[S-].[S-].[S-].[S-].[S-].[S-].[S-].[SH-]. The minimum absolute atomic E-state index is 0. The van der Waals surface area contributed by atoms with Crippen molar-refractivity contribution in [2.75, 3.05) is 0 Å². The van der Waals surface area contributed by atoms with Crippen molar-refractivity contribution in [2.45, 2.75) is 0 Å². The molecular weight excluding hydrogens is 735 g/mol. The van der Waals surface area contributed by atoms with E-state index < -0.39 is 0 Å². The van der Waals surface area contributed by atoms with Gasteiger partial charge >= 0.3 is 34.1 Å². The van der Waals surface area contributed by atoms with Gasteiger partial charge in [-0.25, -0.2) is 0 Å². The third-order valence-electron chi connectivity index (χ3n) is 0. The first kappa shape index (κ1) is 247. The van der Waals surface area contributed by atoms with Crippen LogP contribution in [0.5, 0.6) is 0 Å². The summed E-state index contributed by atoms with van der Waals surface area (Å²) < 4.78 is 0. The average Bonchev–Trinajstić information content (AvgIpc) is 0. The van der Waals surface area contributed by atoms with Crippen LogP contribution in [0.15, 0.2) is 0 Å². The number of rotatable bonds is 0. The van der Waals surface area contributed by atoms with E-state index in [-0.39, 0.29) is 258 Å². The van der Waals surface area contributed by atoms with Crippen LogP contribution >= 0.6 is 0 Å².